The monoisotopic (exact) mass is 254 g/mol. The molecule has 0 radical (unpaired) electrons. The number of guanidine groups is 1. The lowest BCUT2D eigenvalue weighted by Crippen LogP contribution is -2.49. The van der Waals surface area contributed by atoms with Gasteiger partial charge < -0.3 is 10.1 Å². The summed E-state index contributed by atoms with van der Waals surface area (Å²) in [6.45, 7) is 3.01. The van der Waals surface area contributed by atoms with Crippen LogP contribution in [0.3, 0.4) is 0 Å². The van der Waals surface area contributed by atoms with E-state index in [-0.39, 0.29) is 12.1 Å². The van der Waals surface area contributed by atoms with Crippen LogP contribution in [-0.2, 0) is 4.74 Å². The van der Waals surface area contributed by atoms with E-state index in [2.05, 4.69) is 22.7 Å². The molecule has 0 aromatic rings. The summed E-state index contributed by atoms with van der Waals surface area (Å²) in [6, 6.07) is 0.680. The van der Waals surface area contributed by atoms with Gasteiger partial charge in [-0.3, -0.25) is 5.43 Å². The molecule has 2 atom stereocenters. The largest absolute Gasteiger partial charge is 0.376 e. The molecule has 1 aliphatic heterocycles. The van der Waals surface area contributed by atoms with Crippen molar-refractivity contribution in [3.05, 3.63) is 0 Å². The summed E-state index contributed by atoms with van der Waals surface area (Å²) in [5.41, 5.74) is 2.69. The second-order valence-corrected chi connectivity index (χ2v) is 5.40. The van der Waals surface area contributed by atoms with Gasteiger partial charge >= 0.3 is 0 Å². The Labute approximate surface area is 110 Å². The molecule has 5 heteroatoms. The highest BCUT2D eigenvalue weighted by atomic mass is 16.5. The van der Waals surface area contributed by atoms with E-state index in [1.807, 2.05) is 0 Å². The lowest BCUT2D eigenvalue weighted by molar-refractivity contribution is 0.0890. The molecule has 18 heavy (non-hydrogen) atoms. The third-order valence-electron chi connectivity index (χ3n) is 3.91. The van der Waals surface area contributed by atoms with Crippen LogP contribution in [0.2, 0.25) is 0 Å². The average molecular weight is 254 g/mol. The predicted molar refractivity (Wildman–Crippen MR) is 73.2 cm³/mol. The van der Waals surface area contributed by atoms with Crippen LogP contribution in [0.15, 0.2) is 4.99 Å². The summed E-state index contributed by atoms with van der Waals surface area (Å²) < 4.78 is 5.66. The number of ether oxygens (including phenoxy) is 1. The lowest BCUT2D eigenvalue weighted by Gasteiger charge is -2.24. The number of nitrogens with one attached hydrogen (secondary N) is 2. The van der Waals surface area contributed by atoms with Gasteiger partial charge in [-0.1, -0.05) is 19.3 Å². The molecule has 0 aromatic carbocycles. The quantitative estimate of drug-likeness (QED) is 0.307. The summed E-state index contributed by atoms with van der Waals surface area (Å²) in [5, 5.41) is 3.34. The van der Waals surface area contributed by atoms with E-state index >= 15 is 0 Å². The van der Waals surface area contributed by atoms with Gasteiger partial charge in [0.15, 0.2) is 0 Å². The molecule has 1 saturated heterocycles. The van der Waals surface area contributed by atoms with Gasteiger partial charge in [-0.05, 0) is 32.6 Å². The molecule has 1 saturated carbocycles. The van der Waals surface area contributed by atoms with Gasteiger partial charge in [-0.2, -0.15) is 0 Å². The van der Waals surface area contributed by atoms with Crippen LogP contribution >= 0.6 is 0 Å². The van der Waals surface area contributed by atoms with Crippen molar-refractivity contribution in [2.75, 3.05) is 6.61 Å². The van der Waals surface area contributed by atoms with Crippen molar-refractivity contribution in [3.8, 4) is 0 Å². The number of rotatable bonds is 3. The van der Waals surface area contributed by atoms with Crippen LogP contribution in [-0.4, -0.2) is 30.8 Å². The number of hydrazine groups is 1. The summed E-state index contributed by atoms with van der Waals surface area (Å²) in [6.07, 6.45) is 8.84. The van der Waals surface area contributed by atoms with Gasteiger partial charge in [0.05, 0.1) is 18.2 Å². The van der Waals surface area contributed by atoms with Crippen LogP contribution in [0.1, 0.15) is 51.9 Å². The van der Waals surface area contributed by atoms with Crippen molar-refractivity contribution in [2.24, 2.45) is 10.8 Å². The third-order valence-corrected chi connectivity index (χ3v) is 3.91. The smallest absolute Gasteiger partial charge is 0.206 e. The van der Waals surface area contributed by atoms with Crippen molar-refractivity contribution in [1.29, 1.82) is 0 Å². The number of hydrogen-bond donors (Lipinski definition) is 3. The number of aliphatic imine (C=N–C) groups is 1. The van der Waals surface area contributed by atoms with Gasteiger partial charge in [0.2, 0.25) is 5.96 Å². The van der Waals surface area contributed by atoms with E-state index in [4.69, 9.17) is 10.6 Å². The molecule has 2 aliphatic rings. The standard InChI is InChI=1S/C13H26N4O/c1-10(12-8-5-9-18-12)15-13(17-14)16-11-6-3-2-4-7-11/h10-12H,2-9,14H2,1H3,(H2,15,16,17). The Morgan fingerprint density at radius 1 is 1.22 bits per heavy atom. The Morgan fingerprint density at radius 2 is 2.00 bits per heavy atom. The molecule has 2 rings (SSSR count). The Kier molecular flexibility index (Phi) is 5.26. The molecular formula is C13H26N4O. The van der Waals surface area contributed by atoms with Crippen molar-refractivity contribution in [2.45, 2.75) is 70.1 Å². The number of nitrogens with two attached hydrogens (primary N) is 1. The van der Waals surface area contributed by atoms with Gasteiger partial charge in [-0.25, -0.2) is 10.8 Å². The van der Waals surface area contributed by atoms with E-state index in [1.54, 1.807) is 0 Å². The predicted octanol–water partition coefficient (Wildman–Crippen LogP) is 1.30. The minimum atomic E-state index is 0.255. The highest BCUT2D eigenvalue weighted by Crippen LogP contribution is 2.20. The normalized spacial score (nSPS) is 28.1. The molecule has 4 N–H and O–H groups in total. The zero-order valence-corrected chi connectivity index (χ0v) is 11.3. The van der Waals surface area contributed by atoms with Gasteiger partial charge in [0, 0.05) is 6.61 Å². The van der Waals surface area contributed by atoms with Crippen LogP contribution in [0.4, 0.5) is 0 Å². The number of hydrogen-bond acceptors (Lipinski definition) is 3. The first kappa shape index (κ1) is 13.6. The molecule has 1 aliphatic carbocycles. The molecule has 0 amide bonds. The fourth-order valence-corrected chi connectivity index (χ4v) is 2.81. The van der Waals surface area contributed by atoms with Crippen LogP contribution < -0.4 is 16.6 Å². The second kappa shape index (κ2) is 6.95. The van der Waals surface area contributed by atoms with Crippen molar-refractivity contribution >= 4 is 5.96 Å². The highest BCUT2D eigenvalue weighted by molar-refractivity contribution is 5.79. The molecular weight excluding hydrogens is 228 g/mol. The van der Waals surface area contributed by atoms with E-state index in [9.17, 15) is 0 Å². The first-order chi connectivity index (χ1) is 8.79. The number of nitrogens with zero attached hydrogens (tertiary/aromatic N) is 1. The fraction of sp³-hybridized carbons (Fsp3) is 0.923. The third kappa shape index (κ3) is 3.85. The average Bonchev–Trinajstić information content (AvgIpc) is 2.93. The highest BCUT2D eigenvalue weighted by Gasteiger charge is 2.23. The lowest BCUT2D eigenvalue weighted by atomic mass is 9.96. The topological polar surface area (TPSA) is 71.7 Å². The van der Waals surface area contributed by atoms with E-state index in [1.165, 1.54) is 32.1 Å². The molecule has 0 aromatic heterocycles. The van der Waals surface area contributed by atoms with E-state index in [0.717, 1.165) is 19.4 Å². The molecule has 5 nitrogen and oxygen atoms in total. The summed E-state index contributed by atoms with van der Waals surface area (Å²) in [5.74, 6) is 6.27. The SMILES string of the molecule is CC(NC(=NC1CCCCC1)NN)C1CCCO1. The minimum absolute atomic E-state index is 0.255. The zero-order chi connectivity index (χ0) is 12.8. The molecule has 0 spiro atoms. The summed E-state index contributed by atoms with van der Waals surface area (Å²) in [7, 11) is 0. The molecule has 1 heterocycles. The molecule has 0 bridgehead atoms. The zero-order valence-electron chi connectivity index (χ0n) is 11.3. The summed E-state index contributed by atoms with van der Waals surface area (Å²) in [4.78, 5) is 4.68. The minimum Gasteiger partial charge on any atom is -0.376 e. The van der Waals surface area contributed by atoms with E-state index in [0.29, 0.717) is 12.0 Å². The first-order valence-electron chi connectivity index (χ1n) is 7.22. The van der Waals surface area contributed by atoms with Crippen LogP contribution in [0.25, 0.3) is 0 Å². The Hall–Kier alpha value is -0.810. The van der Waals surface area contributed by atoms with Crippen molar-refractivity contribution in [1.82, 2.24) is 10.7 Å². The Bertz CT molecular complexity index is 270. The maximum atomic E-state index is 5.66. The fourth-order valence-electron chi connectivity index (χ4n) is 2.81. The van der Waals surface area contributed by atoms with E-state index < -0.39 is 0 Å². The Morgan fingerprint density at radius 3 is 2.61 bits per heavy atom. The first-order valence-corrected chi connectivity index (χ1v) is 7.22. The second-order valence-electron chi connectivity index (χ2n) is 5.40. The maximum Gasteiger partial charge on any atom is 0.206 e. The van der Waals surface area contributed by atoms with Crippen molar-refractivity contribution in [3.63, 3.8) is 0 Å². The maximum absolute atomic E-state index is 5.66. The summed E-state index contributed by atoms with van der Waals surface area (Å²) >= 11 is 0. The van der Waals surface area contributed by atoms with Crippen LogP contribution in [0.5, 0.6) is 0 Å². The van der Waals surface area contributed by atoms with Gasteiger partial charge in [-0.15, -0.1) is 0 Å². The van der Waals surface area contributed by atoms with Crippen LogP contribution in [0, 0.1) is 0 Å². The molecule has 2 fully saturated rings. The molecule has 104 valence electrons. The van der Waals surface area contributed by atoms with Gasteiger partial charge in [0.1, 0.15) is 0 Å². The molecule has 2 unspecified atom stereocenters. The Balaban J connectivity index is 1.84. The van der Waals surface area contributed by atoms with Crippen molar-refractivity contribution < 1.29 is 4.74 Å². The van der Waals surface area contributed by atoms with Gasteiger partial charge in [0.25, 0.3) is 0 Å².